The number of anilines is 1. The Morgan fingerprint density at radius 2 is 1.91 bits per heavy atom. The number of hydrogen-bond acceptors (Lipinski definition) is 6. The summed E-state index contributed by atoms with van der Waals surface area (Å²) in [5.41, 5.74) is 2.14. The third-order valence-corrected chi connectivity index (χ3v) is 6.83. The average Bonchev–Trinajstić information content (AvgIpc) is 3.04. The molecule has 6 heteroatoms. The van der Waals surface area contributed by atoms with Crippen molar-refractivity contribution in [1.82, 2.24) is 0 Å². The van der Waals surface area contributed by atoms with Crippen LogP contribution in [0.25, 0.3) is 10.8 Å². The number of hydrogen-bond donors (Lipinski definition) is 1. The zero-order valence-electron chi connectivity index (χ0n) is 20.1. The highest BCUT2D eigenvalue weighted by Gasteiger charge is 2.61. The van der Waals surface area contributed by atoms with E-state index >= 15 is 0 Å². The maximum atomic E-state index is 12.5. The van der Waals surface area contributed by atoms with Crippen LogP contribution < -0.4 is 14.8 Å². The molecule has 0 bridgehead atoms. The lowest BCUT2D eigenvalue weighted by atomic mass is 9.74. The molecule has 3 aromatic carbocycles. The average molecular weight is 457 g/mol. The Balaban J connectivity index is 1.72. The van der Waals surface area contributed by atoms with Gasteiger partial charge in [-0.1, -0.05) is 30.8 Å². The second-order valence-electron chi connectivity index (χ2n) is 9.40. The SMILES string of the molecule is C=C(C)C(=O)OC(C)C1=Nc2c(ccc3cc(OC)ccc23)OC12Nc1ccccc1C2(C)C. The van der Waals surface area contributed by atoms with Gasteiger partial charge in [-0.15, -0.1) is 0 Å². The van der Waals surface area contributed by atoms with E-state index in [1.165, 1.54) is 0 Å². The molecule has 3 aromatic rings. The number of nitrogens with one attached hydrogen (secondary N) is 1. The third-order valence-electron chi connectivity index (χ3n) is 6.83. The van der Waals surface area contributed by atoms with Crippen LogP contribution in [-0.2, 0) is 14.9 Å². The molecule has 1 spiro atoms. The number of rotatable bonds is 4. The van der Waals surface area contributed by atoms with Gasteiger partial charge in [-0.05, 0) is 69.0 Å². The van der Waals surface area contributed by atoms with E-state index in [9.17, 15) is 4.79 Å². The first-order valence-corrected chi connectivity index (χ1v) is 11.3. The van der Waals surface area contributed by atoms with Crippen LogP contribution in [0.3, 0.4) is 0 Å². The fourth-order valence-electron chi connectivity index (χ4n) is 4.92. The number of carbonyl (C=O) groups is 1. The van der Waals surface area contributed by atoms with Crippen molar-refractivity contribution in [3.05, 3.63) is 72.3 Å². The summed E-state index contributed by atoms with van der Waals surface area (Å²) in [4.78, 5) is 17.6. The van der Waals surface area contributed by atoms with E-state index in [0.29, 0.717) is 22.7 Å². The summed E-state index contributed by atoms with van der Waals surface area (Å²) in [6.07, 6.45) is -0.660. The summed E-state index contributed by atoms with van der Waals surface area (Å²) in [6.45, 7) is 11.4. The summed E-state index contributed by atoms with van der Waals surface area (Å²) in [5.74, 6) is 0.961. The van der Waals surface area contributed by atoms with Gasteiger partial charge in [0.1, 0.15) is 29.0 Å². The van der Waals surface area contributed by atoms with Crippen molar-refractivity contribution >= 4 is 33.8 Å². The van der Waals surface area contributed by atoms with Crippen LogP contribution in [0.1, 0.15) is 33.3 Å². The van der Waals surface area contributed by atoms with E-state index in [-0.39, 0.29) is 0 Å². The number of aliphatic imine (C=N–C) groups is 1. The minimum absolute atomic E-state index is 0.332. The minimum atomic E-state index is -1.04. The number of esters is 1. The number of fused-ring (bicyclic) bond motifs is 4. The quantitative estimate of drug-likeness (QED) is 0.390. The van der Waals surface area contributed by atoms with Gasteiger partial charge in [-0.3, -0.25) is 0 Å². The van der Waals surface area contributed by atoms with Gasteiger partial charge in [0.15, 0.2) is 0 Å². The summed E-state index contributed by atoms with van der Waals surface area (Å²) in [5, 5.41) is 5.50. The highest BCUT2D eigenvalue weighted by molar-refractivity contribution is 6.09. The van der Waals surface area contributed by atoms with Crippen LogP contribution in [0.4, 0.5) is 11.4 Å². The highest BCUT2D eigenvalue weighted by Crippen LogP contribution is 2.54. The number of para-hydroxylation sites is 1. The smallest absolute Gasteiger partial charge is 0.333 e. The van der Waals surface area contributed by atoms with Crippen molar-refractivity contribution in [2.75, 3.05) is 12.4 Å². The molecule has 0 aromatic heterocycles. The molecule has 2 heterocycles. The Hall–Kier alpha value is -3.80. The summed E-state index contributed by atoms with van der Waals surface area (Å²) < 4.78 is 18.0. The third kappa shape index (κ3) is 3.09. The van der Waals surface area contributed by atoms with Crippen LogP contribution >= 0.6 is 0 Å². The van der Waals surface area contributed by atoms with Gasteiger partial charge in [0.05, 0.1) is 12.5 Å². The molecule has 2 unspecified atom stereocenters. The monoisotopic (exact) mass is 456 g/mol. The second kappa shape index (κ2) is 7.62. The maximum Gasteiger partial charge on any atom is 0.333 e. The Bertz CT molecular complexity index is 1370. The predicted molar refractivity (Wildman–Crippen MR) is 134 cm³/mol. The first-order valence-electron chi connectivity index (χ1n) is 11.3. The molecule has 34 heavy (non-hydrogen) atoms. The number of carbonyl (C=O) groups excluding carboxylic acids is 1. The normalized spacial score (nSPS) is 20.4. The van der Waals surface area contributed by atoms with Crippen LogP contribution in [-0.4, -0.2) is 30.6 Å². The summed E-state index contributed by atoms with van der Waals surface area (Å²) in [6, 6.07) is 17.9. The molecule has 174 valence electrons. The van der Waals surface area contributed by atoms with Crippen LogP contribution in [0, 0.1) is 0 Å². The Kier molecular flexibility index (Phi) is 4.93. The molecule has 0 saturated carbocycles. The molecule has 0 amide bonds. The summed E-state index contributed by atoms with van der Waals surface area (Å²) >= 11 is 0. The van der Waals surface area contributed by atoms with Gasteiger partial charge in [-0.25, -0.2) is 9.79 Å². The van der Waals surface area contributed by atoms with E-state index in [1.807, 2.05) is 55.5 Å². The van der Waals surface area contributed by atoms with E-state index in [2.05, 4.69) is 31.8 Å². The van der Waals surface area contributed by atoms with Crippen LogP contribution in [0.2, 0.25) is 0 Å². The lowest BCUT2D eigenvalue weighted by molar-refractivity contribution is -0.141. The van der Waals surface area contributed by atoms with E-state index in [4.69, 9.17) is 19.2 Å². The molecule has 2 atom stereocenters. The molecular weight excluding hydrogens is 428 g/mol. The van der Waals surface area contributed by atoms with E-state index < -0.39 is 23.2 Å². The molecule has 0 fully saturated rings. The Morgan fingerprint density at radius 1 is 1.15 bits per heavy atom. The molecule has 0 saturated heterocycles. The number of methoxy groups -OCH3 is 1. The van der Waals surface area contributed by atoms with Gasteiger partial charge < -0.3 is 19.5 Å². The number of ether oxygens (including phenoxy) is 3. The van der Waals surface area contributed by atoms with Gasteiger partial charge in [0.2, 0.25) is 5.72 Å². The van der Waals surface area contributed by atoms with E-state index in [1.54, 1.807) is 14.0 Å². The Labute approximate surface area is 199 Å². The topological polar surface area (TPSA) is 69.2 Å². The molecule has 2 aliphatic heterocycles. The largest absolute Gasteiger partial charge is 0.497 e. The first kappa shape index (κ1) is 22.0. The lowest BCUT2D eigenvalue weighted by Gasteiger charge is -2.45. The zero-order valence-corrected chi connectivity index (χ0v) is 20.1. The van der Waals surface area contributed by atoms with Crippen molar-refractivity contribution in [3.63, 3.8) is 0 Å². The predicted octanol–water partition coefficient (Wildman–Crippen LogP) is 5.92. The van der Waals surface area contributed by atoms with Crippen molar-refractivity contribution in [1.29, 1.82) is 0 Å². The lowest BCUT2D eigenvalue weighted by Crippen LogP contribution is -2.64. The molecule has 5 rings (SSSR count). The molecule has 6 nitrogen and oxygen atoms in total. The highest BCUT2D eigenvalue weighted by atomic mass is 16.6. The van der Waals surface area contributed by atoms with Crippen molar-refractivity contribution in [3.8, 4) is 11.5 Å². The molecular formula is C28H28N2O4. The first-order chi connectivity index (χ1) is 16.2. The van der Waals surface area contributed by atoms with Crippen LogP contribution in [0.5, 0.6) is 11.5 Å². The molecule has 1 N–H and O–H groups in total. The fourth-order valence-corrected chi connectivity index (χ4v) is 4.92. The summed E-state index contributed by atoms with van der Waals surface area (Å²) in [7, 11) is 1.64. The molecule has 0 aliphatic carbocycles. The van der Waals surface area contributed by atoms with Crippen molar-refractivity contribution < 1.29 is 19.0 Å². The standard InChI is InChI=1S/C28H28N2O4/c1-16(2)26(31)33-17(3)25-28(27(4,5)21-9-7-8-10-22(21)30-28)34-23-14-11-18-15-19(32-6)12-13-20(18)24(23)29-25/h7-15,17,30H,1H2,2-6H3. The maximum absolute atomic E-state index is 12.5. The van der Waals surface area contributed by atoms with Gasteiger partial charge in [0, 0.05) is 16.6 Å². The van der Waals surface area contributed by atoms with Gasteiger partial charge >= 0.3 is 5.97 Å². The van der Waals surface area contributed by atoms with Gasteiger partial charge in [-0.2, -0.15) is 0 Å². The molecule has 0 radical (unpaired) electrons. The van der Waals surface area contributed by atoms with Crippen molar-refractivity contribution in [2.24, 2.45) is 4.99 Å². The number of benzene rings is 3. The fraction of sp³-hybridized carbons (Fsp3) is 0.286. The van der Waals surface area contributed by atoms with Gasteiger partial charge in [0.25, 0.3) is 0 Å². The zero-order chi connectivity index (χ0) is 24.3. The second-order valence-corrected chi connectivity index (χ2v) is 9.40. The van der Waals surface area contributed by atoms with E-state index in [0.717, 1.165) is 27.8 Å². The van der Waals surface area contributed by atoms with Crippen molar-refractivity contribution in [2.45, 2.75) is 44.9 Å². The molecule has 2 aliphatic rings. The Morgan fingerprint density at radius 3 is 2.62 bits per heavy atom. The van der Waals surface area contributed by atoms with Crippen LogP contribution in [0.15, 0.2) is 71.7 Å². The minimum Gasteiger partial charge on any atom is -0.497 e. The number of nitrogens with zero attached hydrogens (tertiary/aromatic N) is 1.